The van der Waals surface area contributed by atoms with Gasteiger partial charge in [0, 0.05) is 0 Å². The molecule has 0 aliphatic carbocycles. The van der Waals surface area contributed by atoms with Crippen molar-refractivity contribution >= 4 is 33.0 Å². The Hall–Kier alpha value is -1.07. The van der Waals surface area contributed by atoms with E-state index in [1.165, 1.54) is 0 Å². The van der Waals surface area contributed by atoms with Gasteiger partial charge in [-0.1, -0.05) is 25.1 Å². The minimum atomic E-state index is -3.06. The topological polar surface area (TPSA) is 54.5 Å². The highest BCUT2D eigenvalue weighted by molar-refractivity contribution is 7.91. The van der Waals surface area contributed by atoms with Crippen LogP contribution in [0, 0.1) is 6.92 Å². The van der Waals surface area contributed by atoms with Crippen LogP contribution in [-0.2, 0) is 21.1 Å². The summed E-state index contributed by atoms with van der Waals surface area (Å²) in [4.78, 5) is 13.9. The molecule has 0 saturated carbocycles. The van der Waals surface area contributed by atoms with Gasteiger partial charge in [0.05, 0.1) is 23.2 Å². The number of carbonyl (C=O) groups excluding carboxylic acids is 1. The second kappa shape index (κ2) is 6.36. The van der Waals surface area contributed by atoms with Crippen molar-refractivity contribution < 1.29 is 13.2 Å². The largest absolute Gasteiger partial charge is 0.307 e. The Labute approximate surface area is 131 Å². The van der Waals surface area contributed by atoms with Crippen LogP contribution in [0.3, 0.4) is 0 Å². The van der Waals surface area contributed by atoms with Crippen molar-refractivity contribution in [3.05, 3.63) is 29.3 Å². The monoisotopic (exact) mass is 329 g/mol. The third kappa shape index (κ3) is 3.40. The fourth-order valence-corrected chi connectivity index (χ4v) is 4.73. The third-order valence-electron chi connectivity index (χ3n) is 3.90. The first kappa shape index (κ1) is 16.3. The second-order valence-corrected chi connectivity index (χ2v) is 7.89. The normalized spacial score (nSPS) is 20.4. The zero-order valence-electron chi connectivity index (χ0n) is 12.3. The van der Waals surface area contributed by atoms with Gasteiger partial charge in [-0.2, -0.15) is 0 Å². The number of anilines is 1. The van der Waals surface area contributed by atoms with Gasteiger partial charge in [-0.3, -0.25) is 4.79 Å². The number of para-hydroxylation sites is 1. The first-order chi connectivity index (χ1) is 9.89. The van der Waals surface area contributed by atoms with E-state index in [0.29, 0.717) is 6.42 Å². The van der Waals surface area contributed by atoms with E-state index in [9.17, 15) is 13.2 Å². The smallest absolute Gasteiger partial charge is 0.242 e. The van der Waals surface area contributed by atoms with E-state index in [0.717, 1.165) is 23.2 Å². The highest BCUT2D eigenvalue weighted by Crippen LogP contribution is 2.31. The number of sulfone groups is 1. The van der Waals surface area contributed by atoms with Crippen LogP contribution in [0.4, 0.5) is 5.69 Å². The number of nitrogens with zero attached hydrogens (tertiary/aromatic N) is 1. The summed E-state index contributed by atoms with van der Waals surface area (Å²) in [6.07, 6.45) is 1.25. The van der Waals surface area contributed by atoms with Crippen molar-refractivity contribution in [2.24, 2.45) is 0 Å². The van der Waals surface area contributed by atoms with E-state index >= 15 is 0 Å². The van der Waals surface area contributed by atoms with Crippen molar-refractivity contribution in [1.29, 1.82) is 0 Å². The van der Waals surface area contributed by atoms with Crippen LogP contribution in [0.25, 0.3) is 0 Å². The molecule has 0 radical (unpaired) electrons. The fourth-order valence-electron chi connectivity index (χ4n) is 2.90. The lowest BCUT2D eigenvalue weighted by atomic mass is 10.0. The van der Waals surface area contributed by atoms with Crippen molar-refractivity contribution in [3.63, 3.8) is 0 Å². The molecule has 0 N–H and O–H groups in total. The minimum Gasteiger partial charge on any atom is -0.307 e. The van der Waals surface area contributed by atoms with Gasteiger partial charge >= 0.3 is 0 Å². The Balaban J connectivity index is 2.50. The Morgan fingerprint density at radius 1 is 1.43 bits per heavy atom. The summed E-state index contributed by atoms with van der Waals surface area (Å²) in [5, 5.41) is 0. The van der Waals surface area contributed by atoms with Gasteiger partial charge in [0.2, 0.25) is 5.91 Å². The molecule has 116 valence electrons. The standard InChI is InChI=1S/C15H20ClNO3S/c1-3-12-6-4-5-11(2)15(12)17(14(18)9-16)13-7-8-21(19,20)10-13/h4-6,13H,3,7-10H2,1-2H3/t13-/m0/s1. The lowest BCUT2D eigenvalue weighted by Crippen LogP contribution is -2.43. The van der Waals surface area contributed by atoms with Crippen LogP contribution in [0.15, 0.2) is 18.2 Å². The quantitative estimate of drug-likeness (QED) is 0.797. The first-order valence-electron chi connectivity index (χ1n) is 7.06. The van der Waals surface area contributed by atoms with Crippen LogP contribution in [0.2, 0.25) is 0 Å². The molecule has 1 aliphatic rings. The summed E-state index contributed by atoms with van der Waals surface area (Å²) in [5.74, 6) is -0.221. The predicted molar refractivity (Wildman–Crippen MR) is 85.8 cm³/mol. The zero-order valence-corrected chi connectivity index (χ0v) is 13.9. The molecule has 0 spiro atoms. The van der Waals surface area contributed by atoms with Crippen LogP contribution in [0.1, 0.15) is 24.5 Å². The van der Waals surface area contributed by atoms with Crippen LogP contribution in [-0.4, -0.2) is 37.8 Å². The maximum absolute atomic E-state index is 12.3. The van der Waals surface area contributed by atoms with E-state index in [-0.39, 0.29) is 29.3 Å². The highest BCUT2D eigenvalue weighted by Gasteiger charge is 2.36. The fraction of sp³-hybridized carbons (Fsp3) is 0.533. The Morgan fingerprint density at radius 2 is 2.14 bits per heavy atom. The summed E-state index contributed by atoms with van der Waals surface area (Å²) in [5.41, 5.74) is 2.84. The average molecular weight is 330 g/mol. The number of alkyl halides is 1. The minimum absolute atomic E-state index is 0.0209. The van der Waals surface area contributed by atoms with E-state index in [2.05, 4.69) is 0 Å². The van der Waals surface area contributed by atoms with Gasteiger partial charge < -0.3 is 4.90 Å². The van der Waals surface area contributed by atoms with E-state index < -0.39 is 9.84 Å². The number of rotatable bonds is 4. The van der Waals surface area contributed by atoms with E-state index in [1.54, 1.807) is 4.90 Å². The molecular weight excluding hydrogens is 310 g/mol. The number of amides is 1. The first-order valence-corrected chi connectivity index (χ1v) is 9.42. The molecule has 0 unspecified atom stereocenters. The van der Waals surface area contributed by atoms with Crippen molar-refractivity contribution in [2.75, 3.05) is 22.3 Å². The number of halogens is 1. The summed E-state index contributed by atoms with van der Waals surface area (Å²) in [7, 11) is -3.06. The molecule has 4 nitrogen and oxygen atoms in total. The van der Waals surface area contributed by atoms with Crippen LogP contribution >= 0.6 is 11.6 Å². The van der Waals surface area contributed by atoms with Crippen molar-refractivity contribution in [3.8, 4) is 0 Å². The van der Waals surface area contributed by atoms with Gasteiger partial charge in [-0.05, 0) is 30.9 Å². The number of benzene rings is 1. The molecule has 1 aromatic carbocycles. The number of aryl methyl sites for hydroxylation is 2. The van der Waals surface area contributed by atoms with Crippen LogP contribution < -0.4 is 4.90 Å². The Morgan fingerprint density at radius 3 is 2.67 bits per heavy atom. The molecule has 1 aliphatic heterocycles. The summed E-state index contributed by atoms with van der Waals surface area (Å²) in [6.45, 7) is 3.96. The summed E-state index contributed by atoms with van der Waals surface area (Å²) < 4.78 is 23.5. The molecule has 1 heterocycles. The summed E-state index contributed by atoms with van der Waals surface area (Å²) >= 11 is 5.75. The second-order valence-electron chi connectivity index (χ2n) is 5.39. The Kier molecular flexibility index (Phi) is 4.94. The van der Waals surface area contributed by atoms with Gasteiger partial charge in [-0.15, -0.1) is 11.6 Å². The maximum atomic E-state index is 12.3. The number of carbonyl (C=O) groups is 1. The molecule has 1 atom stereocenters. The Bertz CT molecular complexity index is 642. The molecule has 6 heteroatoms. The SMILES string of the molecule is CCc1cccc(C)c1N(C(=O)CCl)[C@H]1CCS(=O)(=O)C1. The van der Waals surface area contributed by atoms with Crippen molar-refractivity contribution in [1.82, 2.24) is 0 Å². The number of hydrogen-bond donors (Lipinski definition) is 0. The van der Waals surface area contributed by atoms with Gasteiger partial charge in [-0.25, -0.2) is 8.42 Å². The summed E-state index contributed by atoms with van der Waals surface area (Å²) in [6, 6.07) is 5.55. The molecule has 1 saturated heterocycles. The highest BCUT2D eigenvalue weighted by atomic mass is 35.5. The van der Waals surface area contributed by atoms with Gasteiger partial charge in [0.15, 0.2) is 9.84 Å². The zero-order chi connectivity index (χ0) is 15.6. The third-order valence-corrected chi connectivity index (χ3v) is 5.88. The molecular formula is C15H20ClNO3S. The maximum Gasteiger partial charge on any atom is 0.242 e. The van der Waals surface area contributed by atoms with Crippen LogP contribution in [0.5, 0.6) is 0 Å². The molecule has 0 aromatic heterocycles. The van der Waals surface area contributed by atoms with Crippen molar-refractivity contribution in [2.45, 2.75) is 32.7 Å². The average Bonchev–Trinajstić information content (AvgIpc) is 2.80. The molecule has 2 rings (SSSR count). The number of hydrogen-bond acceptors (Lipinski definition) is 3. The molecule has 0 bridgehead atoms. The van der Waals surface area contributed by atoms with Gasteiger partial charge in [0.1, 0.15) is 5.88 Å². The molecule has 1 aromatic rings. The molecule has 1 amide bonds. The lowest BCUT2D eigenvalue weighted by Gasteiger charge is -2.31. The van der Waals surface area contributed by atoms with E-state index in [1.807, 2.05) is 32.0 Å². The van der Waals surface area contributed by atoms with Gasteiger partial charge in [0.25, 0.3) is 0 Å². The molecule has 1 fully saturated rings. The lowest BCUT2D eigenvalue weighted by molar-refractivity contribution is -0.116. The van der Waals surface area contributed by atoms with E-state index in [4.69, 9.17) is 11.6 Å². The predicted octanol–water partition coefficient (Wildman–Crippen LogP) is 2.32. The molecule has 21 heavy (non-hydrogen) atoms.